The number of aromatic nitrogens is 1. The molecule has 0 spiro atoms. The van der Waals surface area contributed by atoms with Gasteiger partial charge in [-0.05, 0) is 22.6 Å². The van der Waals surface area contributed by atoms with Crippen molar-refractivity contribution in [3.8, 4) is 5.75 Å². The fraction of sp³-hybridized carbons (Fsp3) is 0.375. The monoisotopic (exact) mass is 333 g/mol. The highest BCUT2D eigenvalue weighted by Crippen LogP contribution is 2.34. The van der Waals surface area contributed by atoms with Gasteiger partial charge in [-0.15, -0.1) is 11.6 Å². The maximum atomic E-state index is 12.7. The van der Waals surface area contributed by atoms with E-state index in [-0.39, 0.29) is 17.2 Å². The lowest BCUT2D eigenvalue weighted by molar-refractivity contribution is 0.146. The van der Waals surface area contributed by atoms with Crippen molar-refractivity contribution in [1.82, 2.24) is 4.98 Å². The highest BCUT2D eigenvalue weighted by molar-refractivity contribution is 14.1. The topological polar surface area (TPSA) is 22.1 Å². The molecule has 0 aliphatic carbocycles. The van der Waals surface area contributed by atoms with Gasteiger partial charge in [0.25, 0.3) is 6.43 Å². The van der Waals surface area contributed by atoms with Crippen molar-refractivity contribution in [1.29, 1.82) is 0 Å². The van der Waals surface area contributed by atoms with Crippen LogP contribution in [0.4, 0.5) is 8.78 Å². The zero-order valence-electron chi connectivity index (χ0n) is 7.23. The summed E-state index contributed by atoms with van der Waals surface area (Å²) in [5.74, 6) is 0.0818. The van der Waals surface area contributed by atoms with E-state index in [1.54, 1.807) is 0 Å². The minimum Gasteiger partial charge on any atom is -0.495 e. The molecule has 1 rings (SSSR count). The summed E-state index contributed by atoms with van der Waals surface area (Å²) in [6.07, 6.45) is -1.32. The van der Waals surface area contributed by atoms with E-state index >= 15 is 0 Å². The molecular formula is C8H7ClF2INO. The van der Waals surface area contributed by atoms with Gasteiger partial charge in [-0.2, -0.15) is 0 Å². The van der Waals surface area contributed by atoms with Crippen LogP contribution in [-0.4, -0.2) is 12.1 Å². The quantitative estimate of drug-likeness (QED) is 0.481. The van der Waals surface area contributed by atoms with Crippen molar-refractivity contribution in [2.45, 2.75) is 12.3 Å². The third kappa shape index (κ3) is 2.25. The van der Waals surface area contributed by atoms with Crippen LogP contribution >= 0.6 is 34.2 Å². The van der Waals surface area contributed by atoms with Crippen LogP contribution in [0.15, 0.2) is 6.20 Å². The first-order valence-corrected chi connectivity index (χ1v) is 5.28. The van der Waals surface area contributed by atoms with Crippen LogP contribution in [0.2, 0.25) is 0 Å². The SMILES string of the molecule is COc1cnc(I)c(CCl)c1C(F)F. The smallest absolute Gasteiger partial charge is 0.267 e. The van der Waals surface area contributed by atoms with Crippen molar-refractivity contribution in [2.24, 2.45) is 0 Å². The number of nitrogens with zero attached hydrogens (tertiary/aromatic N) is 1. The van der Waals surface area contributed by atoms with Crippen molar-refractivity contribution in [3.05, 3.63) is 21.0 Å². The molecule has 0 saturated carbocycles. The third-order valence-corrected chi connectivity index (χ3v) is 2.90. The van der Waals surface area contributed by atoms with Crippen LogP contribution < -0.4 is 4.74 Å². The normalized spacial score (nSPS) is 10.7. The van der Waals surface area contributed by atoms with Gasteiger partial charge >= 0.3 is 0 Å². The lowest BCUT2D eigenvalue weighted by atomic mass is 10.1. The van der Waals surface area contributed by atoms with Crippen LogP contribution in [0.25, 0.3) is 0 Å². The van der Waals surface area contributed by atoms with E-state index in [4.69, 9.17) is 16.3 Å². The summed E-state index contributed by atoms with van der Waals surface area (Å²) in [7, 11) is 1.33. The third-order valence-electron chi connectivity index (χ3n) is 1.71. The van der Waals surface area contributed by atoms with E-state index < -0.39 is 6.43 Å². The van der Waals surface area contributed by atoms with Crippen molar-refractivity contribution in [2.75, 3.05) is 7.11 Å². The fourth-order valence-corrected chi connectivity index (χ4v) is 2.17. The van der Waals surface area contributed by atoms with Gasteiger partial charge in [0.15, 0.2) is 0 Å². The first-order valence-electron chi connectivity index (χ1n) is 3.67. The summed E-state index contributed by atoms with van der Waals surface area (Å²) in [5.41, 5.74) is 0.170. The molecule has 0 bridgehead atoms. The molecule has 0 fully saturated rings. The number of pyridine rings is 1. The Morgan fingerprint density at radius 1 is 1.64 bits per heavy atom. The van der Waals surface area contributed by atoms with Gasteiger partial charge in [-0.3, -0.25) is 0 Å². The zero-order chi connectivity index (χ0) is 10.7. The van der Waals surface area contributed by atoms with Gasteiger partial charge in [0.1, 0.15) is 9.45 Å². The summed E-state index contributed by atoms with van der Waals surface area (Å²) in [4.78, 5) is 3.91. The molecule has 0 saturated heterocycles. The first kappa shape index (κ1) is 11.9. The summed E-state index contributed by atoms with van der Waals surface area (Å²) in [6, 6.07) is 0. The number of methoxy groups -OCH3 is 1. The van der Waals surface area contributed by atoms with Crippen molar-refractivity contribution < 1.29 is 13.5 Å². The maximum absolute atomic E-state index is 12.7. The molecule has 0 aromatic carbocycles. The van der Waals surface area contributed by atoms with Crippen molar-refractivity contribution in [3.63, 3.8) is 0 Å². The van der Waals surface area contributed by atoms with E-state index in [1.165, 1.54) is 13.3 Å². The molecule has 1 aromatic heterocycles. The van der Waals surface area contributed by atoms with Crippen molar-refractivity contribution >= 4 is 34.2 Å². The minimum atomic E-state index is -2.60. The van der Waals surface area contributed by atoms with E-state index in [9.17, 15) is 8.78 Å². The predicted molar refractivity (Wildman–Crippen MR) is 58.0 cm³/mol. The predicted octanol–water partition coefficient (Wildman–Crippen LogP) is 3.37. The number of halogens is 4. The number of hydrogen-bond donors (Lipinski definition) is 0. The lowest BCUT2D eigenvalue weighted by Crippen LogP contribution is -2.02. The molecule has 0 atom stereocenters. The largest absolute Gasteiger partial charge is 0.495 e. The molecule has 0 aliphatic rings. The Hall–Kier alpha value is -0.170. The van der Waals surface area contributed by atoms with Gasteiger partial charge in [-0.25, -0.2) is 13.8 Å². The lowest BCUT2D eigenvalue weighted by Gasteiger charge is -2.12. The number of alkyl halides is 3. The summed E-state index contributed by atoms with van der Waals surface area (Å²) >= 11 is 7.44. The van der Waals surface area contributed by atoms with Crippen LogP contribution in [-0.2, 0) is 5.88 Å². The molecular weight excluding hydrogens is 326 g/mol. The Bertz CT molecular complexity index is 335. The van der Waals surface area contributed by atoms with E-state index in [0.717, 1.165) is 0 Å². The molecule has 1 aromatic rings. The Balaban J connectivity index is 3.36. The van der Waals surface area contributed by atoms with Gasteiger partial charge in [-0.1, -0.05) is 0 Å². The molecule has 78 valence electrons. The second kappa shape index (κ2) is 5.06. The average Bonchev–Trinajstić information content (AvgIpc) is 2.17. The Morgan fingerprint density at radius 2 is 2.29 bits per heavy atom. The van der Waals surface area contributed by atoms with Gasteiger partial charge < -0.3 is 4.74 Å². The molecule has 6 heteroatoms. The van der Waals surface area contributed by atoms with Crippen LogP contribution in [0.3, 0.4) is 0 Å². The molecule has 0 unspecified atom stereocenters. The highest BCUT2D eigenvalue weighted by Gasteiger charge is 2.21. The Kier molecular flexibility index (Phi) is 4.31. The van der Waals surface area contributed by atoms with Gasteiger partial charge in [0.2, 0.25) is 0 Å². The maximum Gasteiger partial charge on any atom is 0.267 e. The van der Waals surface area contributed by atoms with Crippen LogP contribution in [0.1, 0.15) is 17.6 Å². The molecule has 0 aliphatic heterocycles. The summed E-state index contributed by atoms with van der Waals surface area (Å²) < 4.78 is 30.6. The number of rotatable bonds is 3. The van der Waals surface area contributed by atoms with Crippen LogP contribution in [0.5, 0.6) is 5.75 Å². The van der Waals surface area contributed by atoms with Gasteiger partial charge in [0, 0.05) is 5.56 Å². The average molecular weight is 334 g/mol. The minimum absolute atomic E-state index is 0.00213. The van der Waals surface area contributed by atoms with Gasteiger partial charge in [0.05, 0.1) is 24.8 Å². The summed E-state index contributed by atoms with van der Waals surface area (Å²) in [6.45, 7) is 0. The first-order chi connectivity index (χ1) is 6.61. The zero-order valence-corrected chi connectivity index (χ0v) is 10.1. The van der Waals surface area contributed by atoms with E-state index in [2.05, 4.69) is 4.98 Å². The number of hydrogen-bond acceptors (Lipinski definition) is 2. The number of ether oxygens (including phenoxy) is 1. The molecule has 0 N–H and O–H groups in total. The molecule has 0 radical (unpaired) electrons. The fourth-order valence-electron chi connectivity index (χ4n) is 1.05. The Labute approximate surface area is 98.8 Å². The standard InChI is InChI=1S/C8H7ClF2INO/c1-14-5-3-13-8(12)4(2-9)6(5)7(10)11/h3,7H,2H2,1H3. The second-order valence-corrected chi connectivity index (χ2v) is 3.73. The molecule has 14 heavy (non-hydrogen) atoms. The molecule has 2 nitrogen and oxygen atoms in total. The summed E-state index contributed by atoms with van der Waals surface area (Å²) in [5, 5.41) is 0. The van der Waals surface area contributed by atoms with Crippen LogP contribution in [0, 0.1) is 3.70 Å². The second-order valence-electron chi connectivity index (χ2n) is 2.44. The van der Waals surface area contributed by atoms with E-state index in [1.807, 2.05) is 22.6 Å². The molecule has 0 amide bonds. The highest BCUT2D eigenvalue weighted by atomic mass is 127. The molecule has 1 heterocycles. The Morgan fingerprint density at radius 3 is 2.71 bits per heavy atom. The van der Waals surface area contributed by atoms with E-state index in [0.29, 0.717) is 9.26 Å².